The number of likely N-dealkylation sites (N-methyl/N-ethyl adjacent to an activating group) is 1. The van der Waals surface area contributed by atoms with Crippen LogP contribution in [-0.2, 0) is 9.59 Å². The Balaban J connectivity index is 2.09. The molecule has 2 aromatic rings. The molecule has 7 heteroatoms. The summed E-state index contributed by atoms with van der Waals surface area (Å²) in [6.45, 7) is 4.75. The molecule has 0 bridgehead atoms. The summed E-state index contributed by atoms with van der Waals surface area (Å²) in [6, 6.07) is 14.0. The Morgan fingerprint density at radius 1 is 0.933 bits per heavy atom. The number of hydrogen-bond donors (Lipinski definition) is 1. The molecule has 0 spiro atoms. The number of hydrogen-bond acceptors (Lipinski definition) is 6. The topological polar surface area (TPSA) is 79.3 Å². The van der Waals surface area contributed by atoms with Crippen LogP contribution >= 0.6 is 0 Å². The van der Waals surface area contributed by atoms with Gasteiger partial charge in [-0.2, -0.15) is 0 Å². The second kappa shape index (κ2) is 9.45. The van der Waals surface area contributed by atoms with Crippen molar-refractivity contribution in [2.24, 2.45) is 0 Å². The van der Waals surface area contributed by atoms with Crippen molar-refractivity contribution in [1.29, 1.82) is 0 Å². The van der Waals surface area contributed by atoms with Gasteiger partial charge in [0.2, 0.25) is 0 Å². The molecule has 0 aliphatic carbocycles. The predicted octanol–water partition coefficient (Wildman–Crippen LogP) is 2.69. The van der Waals surface area contributed by atoms with Crippen molar-refractivity contribution in [3.05, 3.63) is 59.8 Å². The number of carbonyl (C=O) groups is 2. The van der Waals surface area contributed by atoms with Gasteiger partial charge < -0.3 is 19.5 Å². The number of anilines is 1. The first-order chi connectivity index (χ1) is 14.5. The maximum Gasteiger partial charge on any atom is 0.282 e. The summed E-state index contributed by atoms with van der Waals surface area (Å²) in [5, 5.41) is 9.39. The van der Waals surface area contributed by atoms with Crippen molar-refractivity contribution in [3.8, 4) is 11.5 Å². The van der Waals surface area contributed by atoms with Gasteiger partial charge in [-0.25, -0.2) is 4.90 Å². The lowest BCUT2D eigenvalue weighted by atomic mass is 10.0. The molecule has 158 valence electrons. The lowest BCUT2D eigenvalue weighted by Crippen LogP contribution is -2.35. The van der Waals surface area contributed by atoms with Gasteiger partial charge in [0.25, 0.3) is 11.8 Å². The van der Waals surface area contributed by atoms with E-state index in [1.807, 2.05) is 13.8 Å². The van der Waals surface area contributed by atoms with E-state index in [1.54, 1.807) is 60.5 Å². The summed E-state index contributed by atoms with van der Waals surface area (Å²) in [7, 11) is 1.68. The first-order valence-corrected chi connectivity index (χ1v) is 9.93. The quantitative estimate of drug-likeness (QED) is 0.641. The average Bonchev–Trinajstić information content (AvgIpc) is 3.00. The molecule has 0 atom stereocenters. The third-order valence-corrected chi connectivity index (χ3v) is 4.74. The molecule has 0 unspecified atom stereocenters. The van der Waals surface area contributed by atoms with Gasteiger partial charge in [-0.15, -0.1) is 0 Å². The molecule has 1 aliphatic heterocycles. The van der Waals surface area contributed by atoms with Gasteiger partial charge in [-0.3, -0.25) is 9.59 Å². The normalized spacial score (nSPS) is 13.8. The summed E-state index contributed by atoms with van der Waals surface area (Å²) >= 11 is 0. The van der Waals surface area contributed by atoms with Gasteiger partial charge in [0, 0.05) is 13.6 Å². The fraction of sp³-hybridized carbons (Fsp3) is 0.304. The van der Waals surface area contributed by atoms with Crippen molar-refractivity contribution in [3.63, 3.8) is 0 Å². The summed E-state index contributed by atoms with van der Waals surface area (Å²) in [5.41, 5.74) is 1.52. The molecule has 1 aliphatic rings. The number of para-hydroxylation sites is 2. The highest BCUT2D eigenvalue weighted by Gasteiger charge is 2.42. The first kappa shape index (κ1) is 21.4. The van der Waals surface area contributed by atoms with Gasteiger partial charge in [-0.05, 0) is 43.7 Å². The molecule has 2 amide bonds. The average molecular weight is 410 g/mol. The highest BCUT2D eigenvalue weighted by atomic mass is 16.5. The van der Waals surface area contributed by atoms with E-state index in [4.69, 9.17) is 9.47 Å². The molecular weight excluding hydrogens is 384 g/mol. The molecule has 7 nitrogen and oxygen atoms in total. The Kier molecular flexibility index (Phi) is 6.74. The Morgan fingerprint density at radius 3 is 2.23 bits per heavy atom. The molecule has 0 fully saturated rings. The monoisotopic (exact) mass is 410 g/mol. The maximum atomic E-state index is 13.5. The number of carbonyl (C=O) groups excluding carboxylic acids is 2. The second-order valence-corrected chi connectivity index (χ2v) is 6.67. The van der Waals surface area contributed by atoms with Gasteiger partial charge in [0.1, 0.15) is 17.2 Å². The number of nitrogens with zero attached hydrogens (tertiary/aromatic N) is 2. The van der Waals surface area contributed by atoms with E-state index in [9.17, 15) is 14.7 Å². The Hall–Kier alpha value is -3.32. The first-order valence-electron chi connectivity index (χ1n) is 9.93. The van der Waals surface area contributed by atoms with Crippen LogP contribution in [-0.4, -0.2) is 55.2 Å². The smallest absolute Gasteiger partial charge is 0.282 e. The number of ether oxygens (including phenoxy) is 2. The molecular formula is C23H26N2O5. The van der Waals surface area contributed by atoms with Crippen LogP contribution in [0, 0.1) is 0 Å². The molecule has 2 aromatic carbocycles. The maximum absolute atomic E-state index is 13.5. The SMILES string of the molecule is CCOc1ccc(C2=C(N(C)CCO)C(=O)N(c3ccccc3OCC)C2=O)cc1. The van der Waals surface area contributed by atoms with Crippen LogP contribution in [0.2, 0.25) is 0 Å². The van der Waals surface area contributed by atoms with E-state index >= 15 is 0 Å². The standard InChI is InChI=1S/C23H26N2O5/c1-4-29-17-12-10-16(11-13-17)20-21(24(3)14-15-26)23(28)25(22(20)27)18-8-6-7-9-19(18)30-5-2/h6-13,26H,4-5,14-15H2,1-3H3. The van der Waals surface area contributed by atoms with Crippen LogP contribution in [0.3, 0.4) is 0 Å². The molecule has 1 heterocycles. The van der Waals surface area contributed by atoms with Gasteiger partial charge in [-0.1, -0.05) is 24.3 Å². The highest BCUT2D eigenvalue weighted by Crippen LogP contribution is 2.38. The van der Waals surface area contributed by atoms with Crippen molar-refractivity contribution in [2.75, 3.05) is 38.3 Å². The Labute approximate surface area is 176 Å². The second-order valence-electron chi connectivity index (χ2n) is 6.67. The third kappa shape index (κ3) is 4.02. The zero-order valence-electron chi connectivity index (χ0n) is 17.4. The van der Waals surface area contributed by atoms with Crippen LogP contribution in [0.1, 0.15) is 19.4 Å². The van der Waals surface area contributed by atoms with E-state index in [0.29, 0.717) is 36.0 Å². The lowest BCUT2D eigenvalue weighted by Gasteiger charge is -2.21. The summed E-state index contributed by atoms with van der Waals surface area (Å²) < 4.78 is 11.1. The largest absolute Gasteiger partial charge is 0.494 e. The summed E-state index contributed by atoms with van der Waals surface area (Å²) in [5.74, 6) is 0.254. The molecule has 0 radical (unpaired) electrons. The van der Waals surface area contributed by atoms with Gasteiger partial charge in [0.05, 0.1) is 31.1 Å². The molecule has 30 heavy (non-hydrogen) atoms. The van der Waals surface area contributed by atoms with Crippen LogP contribution in [0.25, 0.3) is 5.57 Å². The zero-order chi connectivity index (χ0) is 21.7. The molecule has 0 saturated heterocycles. The van der Waals surface area contributed by atoms with Gasteiger partial charge >= 0.3 is 0 Å². The fourth-order valence-corrected chi connectivity index (χ4v) is 3.42. The minimum absolute atomic E-state index is 0.145. The van der Waals surface area contributed by atoms with Crippen molar-refractivity contribution in [2.45, 2.75) is 13.8 Å². The summed E-state index contributed by atoms with van der Waals surface area (Å²) in [6.07, 6.45) is 0. The molecule has 0 saturated carbocycles. The third-order valence-electron chi connectivity index (χ3n) is 4.74. The minimum Gasteiger partial charge on any atom is -0.494 e. The Morgan fingerprint density at radius 2 is 1.60 bits per heavy atom. The highest BCUT2D eigenvalue weighted by molar-refractivity contribution is 6.45. The number of rotatable bonds is 9. The van der Waals surface area contributed by atoms with Crippen molar-refractivity contribution >= 4 is 23.1 Å². The Bertz CT molecular complexity index is 952. The van der Waals surface area contributed by atoms with E-state index in [1.165, 1.54) is 0 Å². The number of amides is 2. The number of benzene rings is 2. The van der Waals surface area contributed by atoms with Crippen molar-refractivity contribution in [1.82, 2.24) is 4.90 Å². The number of aliphatic hydroxyl groups is 1. The van der Waals surface area contributed by atoms with Gasteiger partial charge in [0.15, 0.2) is 0 Å². The van der Waals surface area contributed by atoms with E-state index < -0.39 is 11.8 Å². The van der Waals surface area contributed by atoms with Crippen LogP contribution in [0.4, 0.5) is 5.69 Å². The number of imide groups is 1. The van der Waals surface area contributed by atoms with E-state index in [-0.39, 0.29) is 24.4 Å². The van der Waals surface area contributed by atoms with E-state index in [0.717, 1.165) is 4.90 Å². The molecule has 0 aromatic heterocycles. The molecule has 1 N–H and O–H groups in total. The lowest BCUT2D eigenvalue weighted by molar-refractivity contribution is -0.120. The predicted molar refractivity (Wildman–Crippen MR) is 114 cm³/mol. The fourth-order valence-electron chi connectivity index (χ4n) is 3.42. The molecule has 3 rings (SSSR count). The summed E-state index contributed by atoms with van der Waals surface area (Å²) in [4.78, 5) is 29.6. The van der Waals surface area contributed by atoms with Crippen molar-refractivity contribution < 1.29 is 24.2 Å². The van der Waals surface area contributed by atoms with Crippen LogP contribution in [0.15, 0.2) is 54.2 Å². The van der Waals surface area contributed by atoms with E-state index in [2.05, 4.69) is 0 Å². The van der Waals surface area contributed by atoms with Crippen LogP contribution in [0.5, 0.6) is 11.5 Å². The minimum atomic E-state index is -0.452. The zero-order valence-corrected chi connectivity index (χ0v) is 17.4. The number of aliphatic hydroxyl groups excluding tert-OH is 1. The van der Waals surface area contributed by atoms with Crippen LogP contribution < -0.4 is 14.4 Å².